The molecule has 0 fully saturated rings. The zero-order valence-electron chi connectivity index (χ0n) is 9.83. The van der Waals surface area contributed by atoms with Crippen LogP contribution in [0.5, 0.6) is 5.75 Å². The van der Waals surface area contributed by atoms with Crippen molar-refractivity contribution in [3.8, 4) is 5.75 Å². The fourth-order valence-electron chi connectivity index (χ4n) is 2.08. The predicted octanol–water partition coefficient (Wildman–Crippen LogP) is 3.68. The fraction of sp³-hybridized carbons (Fsp3) is 0.357. The Balaban J connectivity index is 2.13. The average Bonchev–Trinajstić information content (AvgIpc) is 2.29. The number of carbonyl (C=O) groups excluding carboxylic acids is 1. The maximum Gasteiger partial charge on any atom is 0.155 e. The first-order valence-corrected chi connectivity index (χ1v) is 6.53. The number of carbonyl (C=O) groups is 1. The Morgan fingerprint density at radius 1 is 1.35 bits per heavy atom. The molecule has 3 heteroatoms. The molecular formula is C14H15BrO2. The van der Waals surface area contributed by atoms with Crippen molar-refractivity contribution in [2.24, 2.45) is 0 Å². The minimum Gasteiger partial charge on any atom is -0.496 e. The van der Waals surface area contributed by atoms with Gasteiger partial charge in [0.1, 0.15) is 5.75 Å². The van der Waals surface area contributed by atoms with Gasteiger partial charge in [-0.25, -0.2) is 0 Å². The molecule has 0 heterocycles. The van der Waals surface area contributed by atoms with Gasteiger partial charge in [0.2, 0.25) is 0 Å². The number of methoxy groups -OCH3 is 1. The van der Waals surface area contributed by atoms with Gasteiger partial charge in [0, 0.05) is 6.42 Å². The number of rotatable bonds is 3. The van der Waals surface area contributed by atoms with Crippen molar-refractivity contribution in [3.63, 3.8) is 0 Å². The minimum atomic E-state index is 0.263. The molecule has 90 valence electrons. The van der Waals surface area contributed by atoms with E-state index in [0.717, 1.165) is 29.5 Å². The van der Waals surface area contributed by atoms with Crippen molar-refractivity contribution in [1.82, 2.24) is 0 Å². The summed E-state index contributed by atoms with van der Waals surface area (Å²) in [7, 11) is 1.65. The minimum absolute atomic E-state index is 0.263. The molecular weight excluding hydrogens is 280 g/mol. The molecule has 1 aliphatic rings. The van der Waals surface area contributed by atoms with Gasteiger partial charge in [-0.1, -0.05) is 11.6 Å². The van der Waals surface area contributed by atoms with Gasteiger partial charge in [0.05, 0.1) is 11.6 Å². The normalized spacial score (nSPS) is 15.6. The number of halogens is 1. The van der Waals surface area contributed by atoms with Crippen LogP contribution in [0, 0.1) is 0 Å². The second-order valence-electron chi connectivity index (χ2n) is 4.27. The van der Waals surface area contributed by atoms with Gasteiger partial charge >= 0.3 is 0 Å². The molecule has 0 radical (unpaired) electrons. The van der Waals surface area contributed by atoms with Crippen LogP contribution in [0.3, 0.4) is 0 Å². The van der Waals surface area contributed by atoms with Crippen molar-refractivity contribution < 1.29 is 9.53 Å². The topological polar surface area (TPSA) is 26.3 Å². The van der Waals surface area contributed by atoms with Gasteiger partial charge in [-0.3, -0.25) is 4.79 Å². The van der Waals surface area contributed by atoms with Crippen molar-refractivity contribution in [2.45, 2.75) is 25.7 Å². The largest absolute Gasteiger partial charge is 0.496 e. The maximum atomic E-state index is 11.3. The van der Waals surface area contributed by atoms with Crippen LogP contribution in [0.2, 0.25) is 0 Å². The number of ketones is 1. The molecule has 1 aromatic carbocycles. The number of hydrogen-bond donors (Lipinski definition) is 0. The first-order chi connectivity index (χ1) is 8.19. The Labute approximate surface area is 110 Å². The standard InChI is InChI=1S/C14H15BrO2/c1-17-14-6-5-11(9-13(14)15)7-10-3-2-4-12(16)8-10/h5-6,8-9H,2-4,7H2,1H3. The van der Waals surface area contributed by atoms with Gasteiger partial charge in [-0.2, -0.15) is 0 Å². The lowest BCUT2D eigenvalue weighted by molar-refractivity contribution is -0.115. The molecule has 2 rings (SSSR count). The van der Waals surface area contributed by atoms with E-state index in [1.54, 1.807) is 7.11 Å². The van der Waals surface area contributed by atoms with E-state index in [9.17, 15) is 4.79 Å². The highest BCUT2D eigenvalue weighted by molar-refractivity contribution is 9.10. The third kappa shape index (κ3) is 3.19. The van der Waals surface area contributed by atoms with Gasteiger partial charge in [0.15, 0.2) is 5.78 Å². The second-order valence-corrected chi connectivity index (χ2v) is 5.12. The molecule has 0 aliphatic heterocycles. The zero-order chi connectivity index (χ0) is 12.3. The first-order valence-electron chi connectivity index (χ1n) is 5.74. The van der Waals surface area contributed by atoms with Crippen molar-refractivity contribution in [3.05, 3.63) is 39.9 Å². The first kappa shape index (κ1) is 12.4. The molecule has 0 amide bonds. The lowest BCUT2D eigenvalue weighted by atomic mass is 9.93. The molecule has 0 saturated carbocycles. The second kappa shape index (κ2) is 5.50. The third-order valence-electron chi connectivity index (χ3n) is 2.93. The Bertz CT molecular complexity index is 463. The van der Waals surface area contributed by atoms with E-state index in [1.165, 1.54) is 11.1 Å². The summed E-state index contributed by atoms with van der Waals surface area (Å²) in [4.78, 5) is 11.3. The fourth-order valence-corrected chi connectivity index (χ4v) is 2.67. The Hall–Kier alpha value is -1.09. The van der Waals surface area contributed by atoms with E-state index in [-0.39, 0.29) is 5.78 Å². The van der Waals surface area contributed by atoms with Crippen LogP contribution in [0.1, 0.15) is 24.8 Å². The maximum absolute atomic E-state index is 11.3. The van der Waals surface area contributed by atoms with Gasteiger partial charge in [0.25, 0.3) is 0 Å². The summed E-state index contributed by atoms with van der Waals surface area (Å²) in [5.41, 5.74) is 2.44. The summed E-state index contributed by atoms with van der Waals surface area (Å²) in [6, 6.07) is 6.05. The summed E-state index contributed by atoms with van der Waals surface area (Å²) >= 11 is 3.47. The molecule has 0 spiro atoms. The average molecular weight is 295 g/mol. The lowest BCUT2D eigenvalue weighted by Crippen LogP contribution is -2.04. The Morgan fingerprint density at radius 3 is 2.82 bits per heavy atom. The molecule has 0 atom stereocenters. The highest BCUT2D eigenvalue weighted by Gasteiger charge is 2.11. The smallest absolute Gasteiger partial charge is 0.155 e. The highest BCUT2D eigenvalue weighted by atomic mass is 79.9. The van der Waals surface area contributed by atoms with Crippen LogP contribution in [0.4, 0.5) is 0 Å². The van der Waals surface area contributed by atoms with Gasteiger partial charge in [-0.15, -0.1) is 0 Å². The quantitative estimate of drug-likeness (QED) is 0.850. The SMILES string of the molecule is COc1ccc(CC2=CC(=O)CCC2)cc1Br. The molecule has 17 heavy (non-hydrogen) atoms. The van der Waals surface area contributed by atoms with Crippen LogP contribution in [-0.4, -0.2) is 12.9 Å². The van der Waals surface area contributed by atoms with E-state index in [2.05, 4.69) is 22.0 Å². The molecule has 0 bridgehead atoms. The van der Waals surface area contributed by atoms with E-state index in [4.69, 9.17) is 4.74 Å². The molecule has 1 aliphatic carbocycles. The highest BCUT2D eigenvalue weighted by Crippen LogP contribution is 2.27. The van der Waals surface area contributed by atoms with Crippen LogP contribution < -0.4 is 4.74 Å². The monoisotopic (exact) mass is 294 g/mol. The Kier molecular flexibility index (Phi) is 4.00. The molecule has 2 nitrogen and oxygen atoms in total. The van der Waals surface area contributed by atoms with Crippen LogP contribution in [0.15, 0.2) is 34.3 Å². The van der Waals surface area contributed by atoms with Crippen molar-refractivity contribution in [2.75, 3.05) is 7.11 Å². The number of benzene rings is 1. The molecule has 0 saturated heterocycles. The van der Waals surface area contributed by atoms with Crippen molar-refractivity contribution in [1.29, 1.82) is 0 Å². The zero-order valence-corrected chi connectivity index (χ0v) is 11.4. The van der Waals surface area contributed by atoms with E-state index in [0.29, 0.717) is 6.42 Å². The summed E-state index contributed by atoms with van der Waals surface area (Å²) in [5.74, 6) is 1.10. The Morgan fingerprint density at radius 2 is 2.18 bits per heavy atom. The van der Waals surface area contributed by atoms with Gasteiger partial charge < -0.3 is 4.74 Å². The predicted molar refractivity (Wildman–Crippen MR) is 71.3 cm³/mol. The number of allylic oxidation sites excluding steroid dienone is 2. The molecule has 0 unspecified atom stereocenters. The van der Waals surface area contributed by atoms with E-state index >= 15 is 0 Å². The summed E-state index contributed by atoms with van der Waals surface area (Å²) in [6.45, 7) is 0. The van der Waals surface area contributed by atoms with Crippen LogP contribution in [0.25, 0.3) is 0 Å². The van der Waals surface area contributed by atoms with E-state index < -0.39 is 0 Å². The molecule has 0 aromatic heterocycles. The third-order valence-corrected chi connectivity index (χ3v) is 3.55. The van der Waals surface area contributed by atoms with Crippen molar-refractivity contribution >= 4 is 21.7 Å². The van der Waals surface area contributed by atoms with Crippen LogP contribution >= 0.6 is 15.9 Å². The molecule has 1 aromatic rings. The summed E-state index contributed by atoms with van der Waals surface area (Å²) < 4.78 is 6.15. The van der Waals surface area contributed by atoms with Gasteiger partial charge in [-0.05, 0) is 59.0 Å². The van der Waals surface area contributed by atoms with Crippen LogP contribution in [-0.2, 0) is 11.2 Å². The number of ether oxygens (including phenoxy) is 1. The summed E-state index contributed by atoms with van der Waals surface area (Å²) in [5, 5.41) is 0. The lowest BCUT2D eigenvalue weighted by Gasteiger charge is -2.12. The summed E-state index contributed by atoms with van der Waals surface area (Å²) in [6.07, 6.45) is 5.39. The number of hydrogen-bond acceptors (Lipinski definition) is 2. The van der Waals surface area contributed by atoms with E-state index in [1.807, 2.05) is 18.2 Å². The molecule has 0 N–H and O–H groups in total.